The summed E-state index contributed by atoms with van der Waals surface area (Å²) in [5.41, 5.74) is 0.827. The molecule has 0 bridgehead atoms. The first-order valence-corrected chi connectivity index (χ1v) is 9.35. The fourth-order valence-corrected chi connectivity index (χ4v) is 2.95. The molecule has 29 heavy (non-hydrogen) atoms. The van der Waals surface area contributed by atoms with Crippen molar-refractivity contribution in [1.29, 1.82) is 5.26 Å². The Morgan fingerprint density at radius 3 is 2.34 bits per heavy atom. The Labute approximate surface area is 179 Å². The molecule has 0 heterocycles. The van der Waals surface area contributed by atoms with E-state index in [1.54, 1.807) is 24.3 Å². The van der Waals surface area contributed by atoms with Gasteiger partial charge in [0.2, 0.25) is 0 Å². The molecule has 0 saturated carbocycles. The number of nitrogens with one attached hydrogen (secondary N) is 1. The van der Waals surface area contributed by atoms with E-state index in [0.29, 0.717) is 38.5 Å². The summed E-state index contributed by atoms with van der Waals surface area (Å²) in [5.74, 6) is 0.687. The summed E-state index contributed by atoms with van der Waals surface area (Å²) < 4.78 is 16.1. The molecule has 0 atom stereocenters. The standard InChI is InChI=1S/C21H20Cl2N2O4/c1-12(2)29-20-17(23)8-13(9-19(20)28-4)7-14(11-24)21(26)25-15-5-6-18(27-3)16(22)10-15/h5-10,12H,1-4H3,(H,25,26)/b14-7+. The van der Waals surface area contributed by atoms with Gasteiger partial charge in [-0.15, -0.1) is 0 Å². The predicted octanol–water partition coefficient (Wildman–Crippen LogP) is 5.34. The van der Waals surface area contributed by atoms with Crippen LogP contribution in [0.15, 0.2) is 35.9 Å². The number of ether oxygens (including phenoxy) is 3. The van der Waals surface area contributed by atoms with Crippen molar-refractivity contribution < 1.29 is 19.0 Å². The predicted molar refractivity (Wildman–Crippen MR) is 114 cm³/mol. The van der Waals surface area contributed by atoms with Gasteiger partial charge < -0.3 is 19.5 Å². The van der Waals surface area contributed by atoms with Crippen LogP contribution in [0, 0.1) is 11.3 Å². The molecular formula is C21H20Cl2N2O4. The van der Waals surface area contributed by atoms with Crippen molar-refractivity contribution in [1.82, 2.24) is 0 Å². The lowest BCUT2D eigenvalue weighted by Gasteiger charge is -2.15. The molecule has 2 aromatic rings. The molecule has 2 rings (SSSR count). The molecule has 152 valence electrons. The smallest absolute Gasteiger partial charge is 0.266 e. The van der Waals surface area contributed by atoms with E-state index in [-0.39, 0.29) is 11.7 Å². The van der Waals surface area contributed by atoms with Crippen molar-refractivity contribution in [2.24, 2.45) is 0 Å². The second-order valence-corrected chi connectivity index (χ2v) is 6.99. The zero-order chi connectivity index (χ0) is 21.6. The highest BCUT2D eigenvalue weighted by Gasteiger charge is 2.15. The molecule has 2 aromatic carbocycles. The largest absolute Gasteiger partial charge is 0.495 e. The van der Waals surface area contributed by atoms with E-state index >= 15 is 0 Å². The van der Waals surface area contributed by atoms with Gasteiger partial charge in [0.15, 0.2) is 11.5 Å². The molecule has 0 unspecified atom stereocenters. The maximum Gasteiger partial charge on any atom is 0.266 e. The second-order valence-electron chi connectivity index (χ2n) is 6.17. The highest BCUT2D eigenvalue weighted by molar-refractivity contribution is 6.33. The summed E-state index contributed by atoms with van der Waals surface area (Å²) >= 11 is 12.4. The normalized spacial score (nSPS) is 11.0. The van der Waals surface area contributed by atoms with Crippen molar-refractivity contribution in [3.05, 3.63) is 51.5 Å². The van der Waals surface area contributed by atoms with E-state index in [2.05, 4.69) is 5.32 Å². The summed E-state index contributed by atoms with van der Waals surface area (Å²) in [7, 11) is 2.98. The molecule has 0 saturated heterocycles. The number of nitrogens with zero attached hydrogens (tertiary/aromatic N) is 1. The minimum absolute atomic E-state index is 0.0976. The third-order valence-corrected chi connectivity index (χ3v) is 4.27. The van der Waals surface area contributed by atoms with E-state index in [9.17, 15) is 10.1 Å². The number of halogens is 2. The number of nitriles is 1. The van der Waals surface area contributed by atoms with Crippen LogP contribution in [0.2, 0.25) is 10.0 Å². The van der Waals surface area contributed by atoms with Crippen LogP contribution in [0.25, 0.3) is 6.08 Å². The van der Waals surface area contributed by atoms with Crippen molar-refractivity contribution in [3.63, 3.8) is 0 Å². The first kappa shape index (κ1) is 22.4. The SMILES string of the molecule is COc1ccc(NC(=O)/C(C#N)=C/c2cc(Cl)c(OC(C)C)c(OC)c2)cc1Cl. The van der Waals surface area contributed by atoms with Crippen LogP contribution in [-0.4, -0.2) is 26.2 Å². The van der Waals surface area contributed by atoms with Crippen molar-refractivity contribution >= 4 is 40.9 Å². The zero-order valence-corrected chi connectivity index (χ0v) is 17.9. The van der Waals surface area contributed by atoms with Crippen LogP contribution in [-0.2, 0) is 4.79 Å². The van der Waals surface area contributed by atoms with Gasteiger partial charge in [-0.25, -0.2) is 0 Å². The van der Waals surface area contributed by atoms with Crippen LogP contribution in [0.3, 0.4) is 0 Å². The summed E-state index contributed by atoms with van der Waals surface area (Å²) in [6.07, 6.45) is 1.31. The van der Waals surface area contributed by atoms with Crippen molar-refractivity contribution in [2.45, 2.75) is 20.0 Å². The van der Waals surface area contributed by atoms with Crippen LogP contribution >= 0.6 is 23.2 Å². The van der Waals surface area contributed by atoms with Crippen molar-refractivity contribution in [2.75, 3.05) is 19.5 Å². The van der Waals surface area contributed by atoms with Gasteiger partial charge in [-0.1, -0.05) is 23.2 Å². The summed E-state index contributed by atoms with van der Waals surface area (Å²) in [4.78, 5) is 12.5. The Bertz CT molecular complexity index is 981. The molecule has 8 heteroatoms. The van der Waals surface area contributed by atoms with Crippen LogP contribution in [0.5, 0.6) is 17.2 Å². The Morgan fingerprint density at radius 1 is 1.10 bits per heavy atom. The lowest BCUT2D eigenvalue weighted by Crippen LogP contribution is -2.13. The number of benzene rings is 2. The molecule has 0 aliphatic rings. The average molecular weight is 435 g/mol. The van der Waals surface area contributed by atoms with Gasteiger partial charge in [0.25, 0.3) is 5.91 Å². The molecular weight excluding hydrogens is 415 g/mol. The maximum atomic E-state index is 12.5. The molecule has 0 aliphatic heterocycles. The molecule has 0 radical (unpaired) electrons. The van der Waals surface area contributed by atoms with Gasteiger partial charge in [0.1, 0.15) is 17.4 Å². The quantitative estimate of drug-likeness (QED) is 0.469. The zero-order valence-electron chi connectivity index (χ0n) is 16.4. The molecule has 1 amide bonds. The Balaban J connectivity index is 2.31. The van der Waals surface area contributed by atoms with E-state index < -0.39 is 5.91 Å². The number of hydrogen-bond acceptors (Lipinski definition) is 5. The summed E-state index contributed by atoms with van der Waals surface area (Å²) in [5, 5.41) is 12.7. The van der Waals surface area contributed by atoms with Crippen LogP contribution in [0.4, 0.5) is 5.69 Å². The molecule has 6 nitrogen and oxygen atoms in total. The Morgan fingerprint density at radius 2 is 1.79 bits per heavy atom. The Kier molecular flexibility index (Phi) is 7.77. The van der Waals surface area contributed by atoms with Crippen LogP contribution < -0.4 is 19.5 Å². The number of carbonyl (C=O) groups excluding carboxylic acids is 1. The van der Waals surface area contributed by atoms with Gasteiger partial charge in [-0.3, -0.25) is 4.79 Å². The van der Waals surface area contributed by atoms with Gasteiger partial charge >= 0.3 is 0 Å². The van der Waals surface area contributed by atoms with E-state index in [1.807, 2.05) is 19.9 Å². The highest BCUT2D eigenvalue weighted by Crippen LogP contribution is 2.37. The summed E-state index contributed by atoms with van der Waals surface area (Å²) in [6.45, 7) is 3.74. The number of rotatable bonds is 7. The molecule has 1 N–H and O–H groups in total. The van der Waals surface area contributed by atoms with Crippen LogP contribution in [0.1, 0.15) is 19.4 Å². The monoisotopic (exact) mass is 434 g/mol. The van der Waals surface area contributed by atoms with E-state index in [0.717, 1.165) is 0 Å². The third kappa shape index (κ3) is 5.80. The second kappa shape index (κ2) is 10.1. The maximum absolute atomic E-state index is 12.5. The van der Waals surface area contributed by atoms with Gasteiger partial charge in [-0.05, 0) is 55.8 Å². The highest BCUT2D eigenvalue weighted by atomic mass is 35.5. The number of hydrogen-bond donors (Lipinski definition) is 1. The number of anilines is 1. The number of carbonyl (C=O) groups is 1. The lowest BCUT2D eigenvalue weighted by molar-refractivity contribution is -0.112. The molecule has 0 spiro atoms. The minimum Gasteiger partial charge on any atom is -0.495 e. The summed E-state index contributed by atoms with van der Waals surface area (Å²) in [6, 6.07) is 9.89. The van der Waals surface area contributed by atoms with E-state index in [1.165, 1.54) is 26.4 Å². The average Bonchev–Trinajstić information content (AvgIpc) is 2.67. The van der Waals surface area contributed by atoms with Gasteiger partial charge in [0.05, 0.1) is 30.4 Å². The molecule has 0 fully saturated rings. The topological polar surface area (TPSA) is 80.6 Å². The van der Waals surface area contributed by atoms with Gasteiger partial charge in [-0.2, -0.15) is 5.26 Å². The fraction of sp³-hybridized carbons (Fsp3) is 0.238. The van der Waals surface area contributed by atoms with Gasteiger partial charge in [0, 0.05) is 5.69 Å². The first-order chi connectivity index (χ1) is 13.8. The Hall–Kier alpha value is -2.88. The number of amides is 1. The van der Waals surface area contributed by atoms with E-state index in [4.69, 9.17) is 37.4 Å². The molecule has 0 aromatic heterocycles. The lowest BCUT2D eigenvalue weighted by atomic mass is 10.1. The van der Waals surface area contributed by atoms with Crippen molar-refractivity contribution in [3.8, 4) is 23.3 Å². The number of methoxy groups -OCH3 is 2. The first-order valence-electron chi connectivity index (χ1n) is 8.60. The third-order valence-electron chi connectivity index (χ3n) is 3.69. The minimum atomic E-state index is -0.591. The fourth-order valence-electron chi connectivity index (χ4n) is 2.43. The molecule has 0 aliphatic carbocycles.